The SMILES string of the molecule is CC(C)(C)OC(=O)N1CC2(CC(N[C@@H]3C[C@H]3c3ccccc3)CO2)C1. The Bertz CT molecular complexity index is 634. The highest BCUT2D eigenvalue weighted by atomic mass is 16.6. The molecule has 0 radical (unpaired) electrons. The number of carbonyl (C=O) groups excluding carboxylic acids is 1. The predicted octanol–water partition coefficient (Wildman–Crippen LogP) is 2.91. The first-order valence-electron chi connectivity index (χ1n) is 9.26. The molecular weight excluding hydrogens is 316 g/mol. The number of amides is 1. The summed E-state index contributed by atoms with van der Waals surface area (Å²) in [4.78, 5) is 13.8. The summed E-state index contributed by atoms with van der Waals surface area (Å²) >= 11 is 0. The minimum absolute atomic E-state index is 0.161. The Morgan fingerprint density at radius 3 is 2.68 bits per heavy atom. The molecule has 1 spiro atoms. The third kappa shape index (κ3) is 3.67. The predicted molar refractivity (Wildman–Crippen MR) is 95.6 cm³/mol. The first-order valence-corrected chi connectivity index (χ1v) is 9.26. The molecule has 0 aromatic heterocycles. The fraction of sp³-hybridized carbons (Fsp3) is 0.650. The van der Waals surface area contributed by atoms with Crippen LogP contribution in [0.5, 0.6) is 0 Å². The van der Waals surface area contributed by atoms with Gasteiger partial charge < -0.3 is 19.7 Å². The van der Waals surface area contributed by atoms with Crippen LogP contribution in [0.1, 0.15) is 45.1 Å². The van der Waals surface area contributed by atoms with E-state index < -0.39 is 5.60 Å². The summed E-state index contributed by atoms with van der Waals surface area (Å²) in [5, 5.41) is 3.75. The van der Waals surface area contributed by atoms with E-state index in [1.54, 1.807) is 4.90 Å². The average Bonchev–Trinajstić information content (AvgIpc) is 3.13. The Kier molecular flexibility index (Phi) is 4.04. The third-order valence-electron chi connectivity index (χ3n) is 5.29. The number of nitrogens with zero attached hydrogens (tertiary/aromatic N) is 1. The second-order valence-electron chi connectivity index (χ2n) is 8.76. The van der Waals surface area contributed by atoms with Crippen LogP contribution >= 0.6 is 0 Å². The van der Waals surface area contributed by atoms with Crippen LogP contribution in [0.4, 0.5) is 4.79 Å². The van der Waals surface area contributed by atoms with Crippen molar-refractivity contribution in [3.05, 3.63) is 35.9 Å². The van der Waals surface area contributed by atoms with Crippen molar-refractivity contribution in [2.45, 2.75) is 62.8 Å². The van der Waals surface area contributed by atoms with E-state index in [0.29, 0.717) is 31.1 Å². The van der Waals surface area contributed by atoms with E-state index in [2.05, 4.69) is 35.6 Å². The zero-order valence-corrected chi connectivity index (χ0v) is 15.3. The number of hydrogen-bond acceptors (Lipinski definition) is 4. The summed E-state index contributed by atoms with van der Waals surface area (Å²) in [6, 6.07) is 11.7. The van der Waals surface area contributed by atoms with Gasteiger partial charge in [0.1, 0.15) is 11.2 Å². The van der Waals surface area contributed by atoms with Gasteiger partial charge in [-0.2, -0.15) is 0 Å². The van der Waals surface area contributed by atoms with Gasteiger partial charge in [-0.3, -0.25) is 0 Å². The van der Waals surface area contributed by atoms with Gasteiger partial charge in [-0.1, -0.05) is 30.3 Å². The van der Waals surface area contributed by atoms with E-state index in [-0.39, 0.29) is 11.7 Å². The molecule has 1 amide bonds. The van der Waals surface area contributed by atoms with Gasteiger partial charge in [-0.25, -0.2) is 4.79 Å². The molecular formula is C20H28N2O3. The molecule has 5 nitrogen and oxygen atoms in total. The molecule has 1 aromatic rings. The number of benzene rings is 1. The molecule has 3 fully saturated rings. The molecule has 5 heteroatoms. The molecule has 4 rings (SSSR count). The highest BCUT2D eigenvalue weighted by molar-refractivity contribution is 5.69. The van der Waals surface area contributed by atoms with Crippen LogP contribution in [-0.2, 0) is 9.47 Å². The number of likely N-dealkylation sites (tertiary alicyclic amines) is 1. The molecule has 2 heterocycles. The van der Waals surface area contributed by atoms with E-state index in [1.807, 2.05) is 20.8 Å². The maximum Gasteiger partial charge on any atom is 0.410 e. The molecule has 136 valence electrons. The lowest BCUT2D eigenvalue weighted by molar-refractivity contribution is -0.109. The van der Waals surface area contributed by atoms with Gasteiger partial charge in [0.15, 0.2) is 0 Å². The molecule has 1 N–H and O–H groups in total. The van der Waals surface area contributed by atoms with Crippen molar-refractivity contribution < 1.29 is 14.3 Å². The van der Waals surface area contributed by atoms with Crippen LogP contribution in [0.15, 0.2) is 30.3 Å². The van der Waals surface area contributed by atoms with Crippen LogP contribution < -0.4 is 5.32 Å². The minimum atomic E-state index is -0.446. The first kappa shape index (κ1) is 16.9. The van der Waals surface area contributed by atoms with Crippen molar-refractivity contribution in [3.63, 3.8) is 0 Å². The van der Waals surface area contributed by atoms with E-state index >= 15 is 0 Å². The van der Waals surface area contributed by atoms with E-state index in [0.717, 1.165) is 13.0 Å². The van der Waals surface area contributed by atoms with Gasteiger partial charge in [0.2, 0.25) is 0 Å². The lowest BCUT2D eigenvalue weighted by Crippen LogP contribution is -2.64. The molecule has 25 heavy (non-hydrogen) atoms. The van der Waals surface area contributed by atoms with Crippen molar-refractivity contribution in [3.8, 4) is 0 Å². The van der Waals surface area contributed by atoms with Crippen LogP contribution in [0, 0.1) is 0 Å². The summed E-state index contributed by atoms with van der Waals surface area (Å²) in [5.41, 5.74) is 0.818. The second-order valence-corrected chi connectivity index (χ2v) is 8.76. The van der Waals surface area contributed by atoms with E-state index in [1.165, 1.54) is 12.0 Å². The fourth-order valence-electron chi connectivity index (χ4n) is 4.03. The lowest BCUT2D eigenvalue weighted by atomic mass is 9.90. The van der Waals surface area contributed by atoms with Crippen LogP contribution in [-0.4, -0.2) is 54.0 Å². The highest BCUT2D eigenvalue weighted by Gasteiger charge is 2.53. The Hall–Kier alpha value is -1.59. The average molecular weight is 344 g/mol. The Morgan fingerprint density at radius 1 is 1.28 bits per heavy atom. The zero-order valence-electron chi connectivity index (χ0n) is 15.3. The lowest BCUT2D eigenvalue weighted by Gasteiger charge is -2.46. The van der Waals surface area contributed by atoms with Crippen molar-refractivity contribution in [2.75, 3.05) is 19.7 Å². The van der Waals surface area contributed by atoms with Gasteiger partial charge >= 0.3 is 6.09 Å². The van der Waals surface area contributed by atoms with Crippen molar-refractivity contribution >= 4 is 6.09 Å². The van der Waals surface area contributed by atoms with Gasteiger partial charge in [0.05, 0.1) is 19.7 Å². The highest BCUT2D eigenvalue weighted by Crippen LogP contribution is 2.43. The normalized spacial score (nSPS) is 30.2. The molecule has 3 aliphatic rings. The monoisotopic (exact) mass is 344 g/mol. The standard InChI is InChI=1S/C20H28N2O3/c1-19(2,3)25-18(23)22-12-20(13-22)10-15(11-24-20)21-17-9-16(17)14-7-5-4-6-8-14/h4-8,15-17,21H,9-13H2,1-3H3/t15?,16-,17+/m0/s1. The van der Waals surface area contributed by atoms with Crippen LogP contribution in [0.2, 0.25) is 0 Å². The summed E-state index contributed by atoms with van der Waals surface area (Å²) in [7, 11) is 0. The van der Waals surface area contributed by atoms with Crippen molar-refractivity contribution in [2.24, 2.45) is 0 Å². The fourth-order valence-corrected chi connectivity index (χ4v) is 4.03. The number of hydrogen-bond donors (Lipinski definition) is 1. The van der Waals surface area contributed by atoms with E-state index in [9.17, 15) is 4.79 Å². The van der Waals surface area contributed by atoms with Crippen molar-refractivity contribution in [1.82, 2.24) is 10.2 Å². The van der Waals surface area contributed by atoms with Gasteiger partial charge in [-0.05, 0) is 39.2 Å². The Labute approximate surface area is 149 Å². The molecule has 1 unspecified atom stereocenters. The van der Waals surface area contributed by atoms with Gasteiger partial charge in [-0.15, -0.1) is 0 Å². The minimum Gasteiger partial charge on any atom is -0.444 e. The summed E-state index contributed by atoms with van der Waals surface area (Å²) in [6.45, 7) is 7.71. The van der Waals surface area contributed by atoms with Gasteiger partial charge in [0, 0.05) is 18.0 Å². The molecule has 3 atom stereocenters. The van der Waals surface area contributed by atoms with Crippen LogP contribution in [0.3, 0.4) is 0 Å². The molecule has 1 saturated carbocycles. The second kappa shape index (κ2) is 5.99. The molecule has 1 aliphatic carbocycles. The molecule has 0 bridgehead atoms. The zero-order chi connectivity index (χ0) is 17.7. The number of nitrogens with one attached hydrogen (secondary N) is 1. The Balaban J connectivity index is 1.23. The molecule has 2 aliphatic heterocycles. The largest absolute Gasteiger partial charge is 0.444 e. The Morgan fingerprint density at radius 2 is 2.00 bits per heavy atom. The van der Waals surface area contributed by atoms with Crippen molar-refractivity contribution in [1.29, 1.82) is 0 Å². The third-order valence-corrected chi connectivity index (χ3v) is 5.29. The smallest absolute Gasteiger partial charge is 0.410 e. The number of rotatable bonds is 3. The summed E-state index contributed by atoms with van der Waals surface area (Å²) in [5.74, 6) is 0.636. The number of carbonyl (C=O) groups is 1. The topological polar surface area (TPSA) is 50.8 Å². The summed E-state index contributed by atoms with van der Waals surface area (Å²) in [6.07, 6.45) is 1.95. The first-order chi connectivity index (χ1) is 11.8. The number of ether oxygens (including phenoxy) is 2. The van der Waals surface area contributed by atoms with Crippen LogP contribution in [0.25, 0.3) is 0 Å². The maximum atomic E-state index is 12.1. The van der Waals surface area contributed by atoms with Gasteiger partial charge in [0.25, 0.3) is 0 Å². The summed E-state index contributed by atoms with van der Waals surface area (Å²) < 4.78 is 11.5. The van der Waals surface area contributed by atoms with E-state index in [4.69, 9.17) is 9.47 Å². The maximum absolute atomic E-state index is 12.1. The quantitative estimate of drug-likeness (QED) is 0.916. The molecule has 1 aromatic carbocycles. The molecule has 2 saturated heterocycles.